The van der Waals surface area contributed by atoms with E-state index in [-0.39, 0.29) is 5.91 Å². The summed E-state index contributed by atoms with van der Waals surface area (Å²) in [5, 5.41) is 0. The maximum absolute atomic E-state index is 13.0. The van der Waals surface area contributed by atoms with Gasteiger partial charge in [-0.3, -0.25) is 4.79 Å². The number of piperazine rings is 1. The van der Waals surface area contributed by atoms with Crippen LogP contribution in [-0.2, 0) is 0 Å². The van der Waals surface area contributed by atoms with E-state index < -0.39 is 0 Å². The summed E-state index contributed by atoms with van der Waals surface area (Å²) in [4.78, 5) is 26.0. The SMILES string of the molecule is CCCCCCOc1ccc(C(=O)N2CCN(c3cc(-c4ccccc4)ncn3)CC2)cc1. The van der Waals surface area contributed by atoms with Crippen LogP contribution in [0.1, 0.15) is 43.0 Å². The number of carbonyl (C=O) groups is 1. The average Bonchev–Trinajstić information content (AvgIpc) is 2.89. The molecule has 6 nitrogen and oxygen atoms in total. The lowest BCUT2D eigenvalue weighted by Crippen LogP contribution is -2.49. The zero-order valence-corrected chi connectivity index (χ0v) is 19.3. The molecular weight excluding hydrogens is 412 g/mol. The molecular formula is C27H32N4O2. The van der Waals surface area contributed by atoms with Crippen LogP contribution in [0, 0.1) is 0 Å². The summed E-state index contributed by atoms with van der Waals surface area (Å²) in [6.07, 6.45) is 6.34. The molecule has 0 bridgehead atoms. The second-order valence-corrected chi connectivity index (χ2v) is 8.34. The predicted molar refractivity (Wildman–Crippen MR) is 132 cm³/mol. The maximum Gasteiger partial charge on any atom is 0.253 e. The van der Waals surface area contributed by atoms with E-state index in [1.54, 1.807) is 6.33 Å². The Bertz CT molecular complexity index is 1020. The average molecular weight is 445 g/mol. The quantitative estimate of drug-likeness (QED) is 0.432. The Hall–Kier alpha value is -3.41. The molecule has 0 atom stereocenters. The van der Waals surface area contributed by atoms with E-state index in [1.807, 2.05) is 65.6 Å². The first-order valence-electron chi connectivity index (χ1n) is 11.9. The third-order valence-electron chi connectivity index (χ3n) is 5.98. The Balaban J connectivity index is 1.29. The Kier molecular flexibility index (Phi) is 7.90. The van der Waals surface area contributed by atoms with Crippen LogP contribution >= 0.6 is 0 Å². The molecule has 1 aliphatic rings. The molecule has 4 rings (SSSR count). The Morgan fingerprint density at radius 1 is 0.909 bits per heavy atom. The Morgan fingerprint density at radius 2 is 1.67 bits per heavy atom. The first-order chi connectivity index (χ1) is 16.2. The van der Waals surface area contributed by atoms with Crippen molar-refractivity contribution in [1.29, 1.82) is 0 Å². The lowest BCUT2D eigenvalue weighted by molar-refractivity contribution is 0.0746. The van der Waals surface area contributed by atoms with Crippen molar-refractivity contribution in [3.8, 4) is 17.0 Å². The van der Waals surface area contributed by atoms with Crippen LogP contribution in [0.2, 0.25) is 0 Å². The normalized spacial score (nSPS) is 13.7. The molecule has 3 aromatic rings. The number of hydrogen-bond donors (Lipinski definition) is 0. The summed E-state index contributed by atoms with van der Waals surface area (Å²) in [6.45, 7) is 5.75. The summed E-state index contributed by atoms with van der Waals surface area (Å²) in [5.74, 6) is 1.79. The van der Waals surface area contributed by atoms with Gasteiger partial charge in [0.25, 0.3) is 5.91 Å². The van der Waals surface area contributed by atoms with Gasteiger partial charge in [-0.1, -0.05) is 56.5 Å². The lowest BCUT2D eigenvalue weighted by atomic mass is 10.1. The first-order valence-corrected chi connectivity index (χ1v) is 11.9. The van der Waals surface area contributed by atoms with E-state index in [4.69, 9.17) is 4.74 Å². The second-order valence-electron chi connectivity index (χ2n) is 8.34. The van der Waals surface area contributed by atoms with Crippen LogP contribution in [-0.4, -0.2) is 53.6 Å². The number of unbranched alkanes of at least 4 members (excludes halogenated alkanes) is 3. The van der Waals surface area contributed by atoms with Gasteiger partial charge in [-0.2, -0.15) is 0 Å². The van der Waals surface area contributed by atoms with E-state index in [2.05, 4.69) is 21.8 Å². The van der Waals surface area contributed by atoms with Crippen molar-refractivity contribution in [1.82, 2.24) is 14.9 Å². The van der Waals surface area contributed by atoms with Crippen LogP contribution in [0.4, 0.5) is 5.82 Å². The summed E-state index contributed by atoms with van der Waals surface area (Å²) in [5.41, 5.74) is 2.69. The maximum atomic E-state index is 13.0. The number of ether oxygens (including phenoxy) is 1. The molecule has 1 fully saturated rings. The number of aromatic nitrogens is 2. The smallest absolute Gasteiger partial charge is 0.253 e. The van der Waals surface area contributed by atoms with Gasteiger partial charge in [0.15, 0.2) is 0 Å². The van der Waals surface area contributed by atoms with Crippen LogP contribution in [0.15, 0.2) is 67.0 Å². The van der Waals surface area contributed by atoms with Crippen LogP contribution in [0.3, 0.4) is 0 Å². The molecule has 33 heavy (non-hydrogen) atoms. The van der Waals surface area contributed by atoms with Crippen LogP contribution < -0.4 is 9.64 Å². The van der Waals surface area contributed by atoms with Crippen molar-refractivity contribution in [2.24, 2.45) is 0 Å². The fourth-order valence-electron chi connectivity index (χ4n) is 4.02. The molecule has 1 saturated heterocycles. The molecule has 0 unspecified atom stereocenters. The number of amides is 1. The van der Waals surface area contributed by atoms with Gasteiger partial charge in [0, 0.05) is 43.4 Å². The Labute approximate surface area is 196 Å². The van der Waals surface area contributed by atoms with Gasteiger partial charge in [0.05, 0.1) is 12.3 Å². The van der Waals surface area contributed by atoms with E-state index in [9.17, 15) is 4.79 Å². The number of nitrogens with zero attached hydrogens (tertiary/aromatic N) is 4. The van der Waals surface area contributed by atoms with Gasteiger partial charge >= 0.3 is 0 Å². The highest BCUT2D eigenvalue weighted by Gasteiger charge is 2.23. The molecule has 1 aliphatic heterocycles. The molecule has 0 spiro atoms. The van der Waals surface area contributed by atoms with E-state index >= 15 is 0 Å². The molecule has 1 aromatic heterocycles. The number of hydrogen-bond acceptors (Lipinski definition) is 5. The topological polar surface area (TPSA) is 58.6 Å². The molecule has 0 radical (unpaired) electrons. The molecule has 6 heteroatoms. The zero-order valence-electron chi connectivity index (χ0n) is 19.3. The zero-order chi connectivity index (χ0) is 22.9. The molecule has 2 heterocycles. The van der Waals surface area contributed by atoms with Crippen molar-refractivity contribution in [3.05, 3.63) is 72.6 Å². The third-order valence-corrected chi connectivity index (χ3v) is 5.98. The van der Waals surface area contributed by atoms with Gasteiger partial charge in [-0.25, -0.2) is 9.97 Å². The summed E-state index contributed by atoms with van der Waals surface area (Å²) < 4.78 is 5.79. The molecule has 0 aliphatic carbocycles. The highest BCUT2D eigenvalue weighted by Crippen LogP contribution is 2.22. The van der Waals surface area contributed by atoms with E-state index in [0.29, 0.717) is 18.7 Å². The summed E-state index contributed by atoms with van der Waals surface area (Å²) >= 11 is 0. The number of anilines is 1. The predicted octanol–water partition coefficient (Wildman–Crippen LogP) is 5.07. The fraction of sp³-hybridized carbons (Fsp3) is 0.370. The number of benzene rings is 2. The van der Waals surface area contributed by atoms with Gasteiger partial charge in [0.2, 0.25) is 0 Å². The molecule has 0 N–H and O–H groups in total. The number of carbonyl (C=O) groups excluding carboxylic acids is 1. The van der Waals surface area contributed by atoms with E-state index in [1.165, 1.54) is 19.3 Å². The van der Waals surface area contributed by atoms with Gasteiger partial charge in [-0.05, 0) is 30.7 Å². The van der Waals surface area contributed by atoms with Gasteiger partial charge in [-0.15, -0.1) is 0 Å². The molecule has 172 valence electrons. The molecule has 2 aromatic carbocycles. The Morgan fingerprint density at radius 3 is 2.39 bits per heavy atom. The summed E-state index contributed by atoms with van der Waals surface area (Å²) in [7, 11) is 0. The van der Waals surface area contributed by atoms with Crippen molar-refractivity contribution in [2.45, 2.75) is 32.6 Å². The van der Waals surface area contributed by atoms with Crippen molar-refractivity contribution in [2.75, 3.05) is 37.7 Å². The molecule has 0 saturated carbocycles. The second kappa shape index (κ2) is 11.5. The highest BCUT2D eigenvalue weighted by molar-refractivity contribution is 5.94. The minimum absolute atomic E-state index is 0.0665. The minimum atomic E-state index is 0.0665. The van der Waals surface area contributed by atoms with Crippen molar-refractivity contribution in [3.63, 3.8) is 0 Å². The van der Waals surface area contributed by atoms with Crippen LogP contribution in [0.5, 0.6) is 5.75 Å². The van der Waals surface area contributed by atoms with Crippen LogP contribution in [0.25, 0.3) is 11.3 Å². The highest BCUT2D eigenvalue weighted by atomic mass is 16.5. The summed E-state index contributed by atoms with van der Waals surface area (Å²) in [6, 6.07) is 19.7. The van der Waals surface area contributed by atoms with Crippen molar-refractivity contribution < 1.29 is 9.53 Å². The van der Waals surface area contributed by atoms with Gasteiger partial charge < -0.3 is 14.5 Å². The van der Waals surface area contributed by atoms with Crippen molar-refractivity contribution >= 4 is 11.7 Å². The lowest BCUT2D eigenvalue weighted by Gasteiger charge is -2.35. The third kappa shape index (κ3) is 6.09. The minimum Gasteiger partial charge on any atom is -0.494 e. The fourth-order valence-corrected chi connectivity index (χ4v) is 4.02. The largest absolute Gasteiger partial charge is 0.494 e. The first kappa shape index (κ1) is 22.8. The van der Waals surface area contributed by atoms with E-state index in [0.717, 1.165) is 48.9 Å². The number of rotatable bonds is 9. The monoisotopic (exact) mass is 444 g/mol. The standard InChI is InChI=1S/C27H32N4O2/c1-2-3-4-8-19-33-24-13-11-23(12-14-24)27(32)31-17-15-30(16-18-31)26-20-25(28-21-29-26)22-9-6-5-7-10-22/h5-7,9-14,20-21H,2-4,8,15-19H2,1H3. The van der Waals surface area contributed by atoms with Gasteiger partial charge in [0.1, 0.15) is 17.9 Å². The molecule has 1 amide bonds.